The van der Waals surface area contributed by atoms with Crippen molar-refractivity contribution in [3.63, 3.8) is 0 Å². The van der Waals surface area contributed by atoms with Gasteiger partial charge in [-0.1, -0.05) is 13.0 Å². The van der Waals surface area contributed by atoms with Crippen LogP contribution in [0.25, 0.3) is 0 Å². The highest BCUT2D eigenvalue weighted by Crippen LogP contribution is 2.33. The van der Waals surface area contributed by atoms with Gasteiger partial charge in [0.1, 0.15) is 5.75 Å². The molecule has 2 N–H and O–H groups in total. The molecule has 2 aromatic rings. The number of nitrogens with zero attached hydrogens (tertiary/aromatic N) is 2. The van der Waals surface area contributed by atoms with Crippen LogP contribution in [0.5, 0.6) is 17.2 Å². The molecule has 0 fully saturated rings. The molecular weight excluding hydrogens is 619 g/mol. The van der Waals surface area contributed by atoms with Gasteiger partial charge in [-0.05, 0) is 76.1 Å². The first-order valence-corrected chi connectivity index (χ1v) is 16.1. The van der Waals surface area contributed by atoms with Crippen molar-refractivity contribution in [2.75, 3.05) is 45.5 Å². The number of amides is 2. The molecule has 4 rings (SSSR count). The normalized spacial score (nSPS) is 21.5. The van der Waals surface area contributed by atoms with Crippen LogP contribution in [-0.4, -0.2) is 91.3 Å². The van der Waals surface area contributed by atoms with Crippen molar-refractivity contribution < 1.29 is 46.8 Å². The molecule has 0 aliphatic carbocycles. The Labute approximate surface area is 274 Å². The summed E-state index contributed by atoms with van der Waals surface area (Å²) in [6, 6.07) is 9.78. The fourth-order valence-electron chi connectivity index (χ4n) is 5.66. The van der Waals surface area contributed by atoms with E-state index in [1.165, 1.54) is 12.1 Å². The number of fused-ring (bicyclic) bond motifs is 2. The van der Waals surface area contributed by atoms with Gasteiger partial charge in [-0.3, -0.25) is 14.5 Å². The molecular formula is C34H46F3N3O7. The van der Waals surface area contributed by atoms with Gasteiger partial charge in [0, 0.05) is 44.3 Å². The molecule has 0 spiro atoms. The number of hydrogen-bond donors (Lipinski definition) is 2. The molecule has 0 saturated heterocycles. The van der Waals surface area contributed by atoms with Crippen LogP contribution in [-0.2, 0) is 16.1 Å². The van der Waals surface area contributed by atoms with Crippen molar-refractivity contribution in [3.8, 4) is 17.2 Å². The Kier molecular flexibility index (Phi) is 12.8. The lowest BCUT2D eigenvalue weighted by Gasteiger charge is -2.36. The molecule has 0 bridgehead atoms. The Bertz CT molecular complexity index is 1360. The smallest absolute Gasteiger partial charge is 0.389 e. The zero-order chi connectivity index (χ0) is 34.1. The Morgan fingerprint density at radius 3 is 2.60 bits per heavy atom. The highest BCUT2D eigenvalue weighted by molar-refractivity contribution is 5.99. The van der Waals surface area contributed by atoms with Crippen molar-refractivity contribution >= 4 is 17.5 Å². The van der Waals surface area contributed by atoms with E-state index in [9.17, 15) is 27.9 Å². The molecule has 260 valence electrons. The summed E-state index contributed by atoms with van der Waals surface area (Å²) in [4.78, 5) is 30.2. The summed E-state index contributed by atoms with van der Waals surface area (Å²) >= 11 is 0. The van der Waals surface area contributed by atoms with E-state index in [4.69, 9.17) is 18.9 Å². The number of rotatable bonds is 9. The number of aliphatic hydroxyl groups is 1. The van der Waals surface area contributed by atoms with Gasteiger partial charge < -0.3 is 34.3 Å². The Morgan fingerprint density at radius 1 is 1.11 bits per heavy atom. The minimum absolute atomic E-state index is 0.146. The van der Waals surface area contributed by atoms with E-state index in [2.05, 4.69) is 10.2 Å². The SMILES string of the molecule is C[C@@H]1CCCCO[C@H](CN(C)Cc2ccc3c(c2)OCO3)[C@H](C)CN([C@H](C)CO)C(=O)c2cc(NC(=O)CCC(F)(F)F)ccc2O1. The van der Waals surface area contributed by atoms with E-state index in [1.54, 1.807) is 17.9 Å². The number of benzene rings is 2. The van der Waals surface area contributed by atoms with E-state index in [-0.39, 0.29) is 49.3 Å². The van der Waals surface area contributed by atoms with Crippen molar-refractivity contribution in [2.45, 2.75) is 83.8 Å². The number of hydrogen-bond acceptors (Lipinski definition) is 8. The number of likely N-dealkylation sites (N-methyl/N-ethyl adjacent to an activating group) is 1. The number of halogens is 3. The zero-order valence-corrected chi connectivity index (χ0v) is 27.5. The van der Waals surface area contributed by atoms with Gasteiger partial charge in [-0.15, -0.1) is 0 Å². The second-order valence-corrected chi connectivity index (χ2v) is 12.6. The molecule has 2 aliphatic rings. The summed E-state index contributed by atoms with van der Waals surface area (Å²) in [5.74, 6) is 0.337. The van der Waals surface area contributed by atoms with Crippen molar-refractivity contribution in [1.29, 1.82) is 0 Å². The third kappa shape index (κ3) is 10.7. The molecule has 2 amide bonds. The summed E-state index contributed by atoms with van der Waals surface area (Å²) in [5, 5.41) is 12.6. The number of anilines is 1. The van der Waals surface area contributed by atoms with Gasteiger partial charge >= 0.3 is 6.18 Å². The molecule has 0 saturated carbocycles. The maximum Gasteiger partial charge on any atom is 0.389 e. The standard InChI is InChI=1S/C34H46F3N3O7/c1-22-17-40(23(2)20-41)33(43)27-16-26(38-32(42)12-13-34(35,36)37)9-11-28(27)47-24(3)7-5-6-14-44-31(22)19-39(4)18-25-8-10-29-30(15-25)46-21-45-29/h8-11,15-16,22-24,31,41H,5-7,12-14,17-21H2,1-4H3,(H,38,42)/t22-,23-,24-,31-/m1/s1. The van der Waals surface area contributed by atoms with Gasteiger partial charge in [-0.25, -0.2) is 0 Å². The van der Waals surface area contributed by atoms with Crippen molar-refractivity contribution in [3.05, 3.63) is 47.5 Å². The largest absolute Gasteiger partial charge is 0.490 e. The molecule has 0 radical (unpaired) electrons. The molecule has 0 unspecified atom stereocenters. The fourth-order valence-corrected chi connectivity index (χ4v) is 5.66. The summed E-state index contributed by atoms with van der Waals surface area (Å²) in [5.41, 5.74) is 1.38. The molecule has 10 nitrogen and oxygen atoms in total. The van der Waals surface area contributed by atoms with Crippen LogP contribution in [0.2, 0.25) is 0 Å². The van der Waals surface area contributed by atoms with Crippen LogP contribution in [0.1, 0.15) is 68.8 Å². The number of carbonyl (C=O) groups excluding carboxylic acids is 2. The zero-order valence-electron chi connectivity index (χ0n) is 27.5. The summed E-state index contributed by atoms with van der Waals surface area (Å²) in [7, 11) is 2.01. The van der Waals surface area contributed by atoms with Crippen LogP contribution in [0.4, 0.5) is 18.9 Å². The lowest BCUT2D eigenvalue weighted by Crippen LogP contribution is -2.47. The predicted molar refractivity (Wildman–Crippen MR) is 170 cm³/mol. The van der Waals surface area contributed by atoms with E-state index in [0.717, 1.165) is 24.2 Å². The maximum absolute atomic E-state index is 14.2. The van der Waals surface area contributed by atoms with Crippen LogP contribution >= 0.6 is 0 Å². The van der Waals surface area contributed by atoms with E-state index in [1.807, 2.05) is 39.1 Å². The van der Waals surface area contributed by atoms with Crippen molar-refractivity contribution in [2.24, 2.45) is 5.92 Å². The molecule has 47 heavy (non-hydrogen) atoms. The number of nitrogens with one attached hydrogen (secondary N) is 1. The molecule has 4 atom stereocenters. The lowest BCUT2D eigenvalue weighted by atomic mass is 10.0. The first-order chi connectivity index (χ1) is 22.3. The van der Waals surface area contributed by atoms with Gasteiger partial charge in [0.05, 0.1) is 36.8 Å². The van der Waals surface area contributed by atoms with Gasteiger partial charge in [0.2, 0.25) is 12.7 Å². The molecule has 0 aromatic heterocycles. The van der Waals surface area contributed by atoms with Crippen LogP contribution in [0, 0.1) is 5.92 Å². The van der Waals surface area contributed by atoms with E-state index >= 15 is 0 Å². The third-order valence-electron chi connectivity index (χ3n) is 8.35. The number of carbonyl (C=O) groups is 2. The number of ether oxygens (including phenoxy) is 4. The molecule has 13 heteroatoms. The minimum atomic E-state index is -4.46. The second kappa shape index (κ2) is 16.5. The van der Waals surface area contributed by atoms with E-state index in [0.29, 0.717) is 37.6 Å². The maximum atomic E-state index is 14.2. The topological polar surface area (TPSA) is 110 Å². The van der Waals surface area contributed by atoms with Gasteiger partial charge in [0.25, 0.3) is 5.91 Å². The molecule has 2 heterocycles. The van der Waals surface area contributed by atoms with Crippen LogP contribution in [0.3, 0.4) is 0 Å². The highest BCUT2D eigenvalue weighted by Gasteiger charge is 2.31. The Hall–Kier alpha value is -3.55. The monoisotopic (exact) mass is 665 g/mol. The van der Waals surface area contributed by atoms with Crippen molar-refractivity contribution in [1.82, 2.24) is 9.80 Å². The summed E-state index contributed by atoms with van der Waals surface area (Å²) in [6.07, 6.45) is -4.60. The fraction of sp³-hybridized carbons (Fsp3) is 0.588. The van der Waals surface area contributed by atoms with E-state index < -0.39 is 36.9 Å². The Morgan fingerprint density at radius 2 is 1.85 bits per heavy atom. The lowest BCUT2D eigenvalue weighted by molar-refractivity contribution is -0.142. The first-order valence-electron chi connectivity index (χ1n) is 16.1. The average molecular weight is 666 g/mol. The number of alkyl halides is 3. The van der Waals surface area contributed by atoms with Gasteiger partial charge in [0.15, 0.2) is 11.5 Å². The summed E-state index contributed by atoms with van der Waals surface area (Å²) in [6.45, 7) is 7.56. The first kappa shape index (κ1) is 36.3. The van der Waals surface area contributed by atoms with Crippen LogP contribution < -0.4 is 19.5 Å². The highest BCUT2D eigenvalue weighted by atomic mass is 19.4. The number of aliphatic hydroxyl groups excluding tert-OH is 1. The Balaban J connectivity index is 1.56. The van der Waals surface area contributed by atoms with Gasteiger partial charge in [-0.2, -0.15) is 13.2 Å². The average Bonchev–Trinajstić information content (AvgIpc) is 3.49. The third-order valence-corrected chi connectivity index (χ3v) is 8.35. The van der Waals surface area contributed by atoms with Crippen LogP contribution in [0.15, 0.2) is 36.4 Å². The summed E-state index contributed by atoms with van der Waals surface area (Å²) < 4.78 is 61.6. The predicted octanol–water partition coefficient (Wildman–Crippen LogP) is 5.62. The molecule has 2 aliphatic heterocycles. The second-order valence-electron chi connectivity index (χ2n) is 12.6. The quantitative estimate of drug-likeness (QED) is 0.355. The minimum Gasteiger partial charge on any atom is -0.490 e. The molecule has 2 aromatic carbocycles.